The molecule has 172 valence electrons. The molecule has 0 spiro atoms. The molecule has 0 aromatic heterocycles. The first-order valence-electron chi connectivity index (χ1n) is 11.0. The number of hydrogen-bond acceptors (Lipinski definition) is 5. The number of carbonyl (C=O) groups excluding carboxylic acids is 3. The summed E-state index contributed by atoms with van der Waals surface area (Å²) in [6, 6.07) is 17.5. The number of hydrogen-bond donors (Lipinski definition) is 3. The van der Waals surface area contributed by atoms with Crippen molar-refractivity contribution in [3.63, 3.8) is 0 Å². The number of carbonyl (C=O) groups is 3. The van der Waals surface area contributed by atoms with E-state index in [2.05, 4.69) is 5.32 Å². The Balaban J connectivity index is 1.47. The number of benzene rings is 3. The average Bonchev–Trinajstić information content (AvgIpc) is 3.67. The zero-order valence-corrected chi connectivity index (χ0v) is 18.3. The minimum absolute atomic E-state index is 0.138. The topological polar surface area (TPSA) is 108 Å². The van der Waals surface area contributed by atoms with Gasteiger partial charge in [0.2, 0.25) is 0 Å². The van der Waals surface area contributed by atoms with Crippen LogP contribution in [0, 0.1) is 0 Å². The molecule has 3 N–H and O–H groups in total. The molecular formula is C26H23N3O5. The van der Waals surface area contributed by atoms with Crippen molar-refractivity contribution in [3.8, 4) is 11.1 Å². The van der Waals surface area contributed by atoms with E-state index in [4.69, 9.17) is 9.94 Å². The lowest BCUT2D eigenvalue weighted by molar-refractivity contribution is 0.0303. The van der Waals surface area contributed by atoms with Gasteiger partial charge in [0.15, 0.2) is 0 Å². The first-order chi connectivity index (χ1) is 16.5. The zero-order valence-electron chi connectivity index (χ0n) is 18.3. The molecule has 0 radical (unpaired) electrons. The smallest absolute Gasteiger partial charge is 0.274 e. The Bertz CT molecular complexity index is 1280. The van der Waals surface area contributed by atoms with Crippen LogP contribution < -0.4 is 10.8 Å². The highest BCUT2D eigenvalue weighted by Gasteiger charge is 2.22. The van der Waals surface area contributed by atoms with Crippen molar-refractivity contribution in [2.45, 2.75) is 6.42 Å². The second-order valence-corrected chi connectivity index (χ2v) is 8.34. The normalized spacial score (nSPS) is 14.2. The maximum Gasteiger partial charge on any atom is 0.274 e. The van der Waals surface area contributed by atoms with Crippen LogP contribution in [-0.2, 0) is 11.2 Å². The summed E-state index contributed by atoms with van der Waals surface area (Å²) in [6.07, 6.45) is 0.922. The third kappa shape index (κ3) is 4.54. The fourth-order valence-electron chi connectivity index (χ4n) is 4.06. The number of rotatable bonds is 5. The van der Waals surface area contributed by atoms with Gasteiger partial charge in [0.05, 0.1) is 13.2 Å². The summed E-state index contributed by atoms with van der Waals surface area (Å²) in [7, 11) is 0. The number of amides is 3. The highest BCUT2D eigenvalue weighted by molar-refractivity contribution is 6.06. The van der Waals surface area contributed by atoms with Crippen molar-refractivity contribution >= 4 is 23.4 Å². The van der Waals surface area contributed by atoms with Crippen molar-refractivity contribution in [2.75, 3.05) is 31.6 Å². The Hall–Kier alpha value is -4.01. The molecule has 3 amide bonds. The van der Waals surface area contributed by atoms with Gasteiger partial charge in [-0.25, -0.2) is 5.48 Å². The number of ether oxygens (including phenoxy) is 1. The predicted octanol–water partition coefficient (Wildman–Crippen LogP) is 3.10. The Labute approximate surface area is 196 Å². The summed E-state index contributed by atoms with van der Waals surface area (Å²) in [5.74, 6) is -0.994. The quantitative estimate of drug-likeness (QED) is 0.315. The van der Waals surface area contributed by atoms with Gasteiger partial charge in [-0.05, 0) is 71.1 Å². The van der Waals surface area contributed by atoms with Gasteiger partial charge in [-0.2, -0.15) is 0 Å². The molecule has 1 aliphatic heterocycles. The number of nitrogens with zero attached hydrogens (tertiary/aromatic N) is 1. The summed E-state index contributed by atoms with van der Waals surface area (Å²) in [6.45, 7) is 1.99. The molecule has 1 aliphatic carbocycles. The zero-order chi connectivity index (χ0) is 23.7. The molecule has 5 rings (SSSR count). The van der Waals surface area contributed by atoms with Gasteiger partial charge >= 0.3 is 0 Å². The maximum absolute atomic E-state index is 13.2. The van der Waals surface area contributed by atoms with Crippen LogP contribution in [0.2, 0.25) is 0 Å². The van der Waals surface area contributed by atoms with Gasteiger partial charge < -0.3 is 15.0 Å². The van der Waals surface area contributed by atoms with Gasteiger partial charge in [-0.1, -0.05) is 18.2 Å². The number of fused-ring (bicyclic) bond motifs is 1. The van der Waals surface area contributed by atoms with Crippen LogP contribution >= 0.6 is 0 Å². The second-order valence-electron chi connectivity index (χ2n) is 8.34. The van der Waals surface area contributed by atoms with Crippen molar-refractivity contribution in [1.82, 2.24) is 10.4 Å². The lowest BCUT2D eigenvalue weighted by atomic mass is 9.99. The van der Waals surface area contributed by atoms with E-state index in [1.165, 1.54) is 11.1 Å². The fourth-order valence-corrected chi connectivity index (χ4v) is 4.06. The summed E-state index contributed by atoms with van der Waals surface area (Å²) < 4.78 is 5.36. The van der Waals surface area contributed by atoms with Crippen LogP contribution in [0.25, 0.3) is 11.1 Å². The van der Waals surface area contributed by atoms with Crippen molar-refractivity contribution in [1.29, 1.82) is 0 Å². The van der Waals surface area contributed by atoms with Gasteiger partial charge in [-0.15, -0.1) is 0 Å². The lowest BCUT2D eigenvalue weighted by Gasteiger charge is -2.27. The van der Waals surface area contributed by atoms with Gasteiger partial charge in [-0.3, -0.25) is 19.6 Å². The predicted molar refractivity (Wildman–Crippen MR) is 125 cm³/mol. The molecule has 0 bridgehead atoms. The largest absolute Gasteiger partial charge is 0.378 e. The number of hydroxylamine groups is 1. The van der Waals surface area contributed by atoms with E-state index in [9.17, 15) is 14.4 Å². The Morgan fingerprint density at radius 2 is 1.50 bits per heavy atom. The number of nitrogens with one attached hydrogen (secondary N) is 2. The van der Waals surface area contributed by atoms with Crippen LogP contribution in [0.3, 0.4) is 0 Å². The molecule has 1 saturated heterocycles. The summed E-state index contributed by atoms with van der Waals surface area (Å²) in [5.41, 5.74) is 7.33. The SMILES string of the molecule is O=C(NO)c1ccc(-c2cc(NC(=O)c3ccc4c(c3)C4)cc(C(=O)N3CCOCC3)c2)cc1. The number of morpholine rings is 1. The van der Waals surface area contributed by atoms with E-state index in [1.54, 1.807) is 58.9 Å². The third-order valence-corrected chi connectivity index (χ3v) is 6.04. The van der Waals surface area contributed by atoms with Crippen LogP contribution in [-0.4, -0.2) is 54.1 Å². The molecule has 34 heavy (non-hydrogen) atoms. The lowest BCUT2D eigenvalue weighted by Crippen LogP contribution is -2.40. The highest BCUT2D eigenvalue weighted by atomic mass is 16.5. The Morgan fingerprint density at radius 3 is 2.21 bits per heavy atom. The van der Waals surface area contributed by atoms with E-state index >= 15 is 0 Å². The molecule has 1 fully saturated rings. The molecule has 8 heteroatoms. The maximum atomic E-state index is 13.2. The fraction of sp³-hybridized carbons (Fsp3) is 0.192. The van der Waals surface area contributed by atoms with E-state index in [0.29, 0.717) is 54.2 Å². The van der Waals surface area contributed by atoms with Crippen LogP contribution in [0.4, 0.5) is 5.69 Å². The van der Waals surface area contributed by atoms with Crippen molar-refractivity contribution in [2.24, 2.45) is 0 Å². The average molecular weight is 457 g/mol. The molecule has 3 aromatic carbocycles. The first-order valence-corrected chi connectivity index (χ1v) is 11.0. The molecule has 0 saturated carbocycles. The first kappa shape index (κ1) is 21.8. The van der Waals surface area contributed by atoms with Crippen LogP contribution in [0.15, 0.2) is 60.7 Å². The molecule has 0 unspecified atom stereocenters. The minimum Gasteiger partial charge on any atom is -0.378 e. The van der Waals surface area contributed by atoms with Crippen molar-refractivity contribution < 1.29 is 24.3 Å². The molecule has 2 aliphatic rings. The standard InChI is InChI=1S/C26H23N3O5/c30-24(19-6-5-18-11-20(18)12-19)27-23-14-21(16-1-3-17(4-2-16)25(31)28-33)13-22(15-23)26(32)29-7-9-34-10-8-29/h1-6,12-15,33H,7-11H2,(H,27,30)(H,28,31). The molecule has 1 heterocycles. The highest BCUT2D eigenvalue weighted by Crippen LogP contribution is 2.30. The Kier molecular flexibility index (Phi) is 5.83. The minimum atomic E-state index is -0.613. The number of anilines is 1. The Morgan fingerprint density at radius 1 is 0.765 bits per heavy atom. The van der Waals surface area contributed by atoms with E-state index in [-0.39, 0.29) is 11.8 Å². The van der Waals surface area contributed by atoms with Crippen LogP contribution in [0.5, 0.6) is 0 Å². The van der Waals surface area contributed by atoms with E-state index in [0.717, 1.165) is 12.0 Å². The van der Waals surface area contributed by atoms with Gasteiger partial charge in [0, 0.05) is 35.5 Å². The van der Waals surface area contributed by atoms with Crippen molar-refractivity contribution in [3.05, 3.63) is 88.5 Å². The van der Waals surface area contributed by atoms with Gasteiger partial charge in [0.25, 0.3) is 17.7 Å². The summed E-state index contributed by atoms with van der Waals surface area (Å²) in [4.78, 5) is 39.5. The summed E-state index contributed by atoms with van der Waals surface area (Å²) in [5, 5.41) is 11.8. The second kappa shape index (κ2) is 9.09. The van der Waals surface area contributed by atoms with E-state index in [1.807, 2.05) is 12.1 Å². The monoisotopic (exact) mass is 457 g/mol. The van der Waals surface area contributed by atoms with E-state index < -0.39 is 5.91 Å². The summed E-state index contributed by atoms with van der Waals surface area (Å²) >= 11 is 0. The molecule has 8 nitrogen and oxygen atoms in total. The third-order valence-electron chi connectivity index (χ3n) is 6.04. The molecule has 0 atom stereocenters. The van der Waals surface area contributed by atoms with Gasteiger partial charge in [0.1, 0.15) is 0 Å². The van der Waals surface area contributed by atoms with Crippen LogP contribution in [0.1, 0.15) is 42.2 Å². The molecular weight excluding hydrogens is 434 g/mol. The molecule has 3 aromatic rings.